The highest BCUT2D eigenvalue weighted by Gasteiger charge is 2.22. The number of nitrogens with one attached hydrogen (secondary N) is 2. The Bertz CT molecular complexity index is 1090. The molecule has 0 spiro atoms. The van der Waals surface area contributed by atoms with E-state index in [0.717, 1.165) is 22.4 Å². The van der Waals surface area contributed by atoms with Crippen LogP contribution in [-0.4, -0.2) is 30.8 Å². The van der Waals surface area contributed by atoms with E-state index in [-0.39, 0.29) is 30.6 Å². The van der Waals surface area contributed by atoms with E-state index >= 15 is 0 Å². The summed E-state index contributed by atoms with van der Waals surface area (Å²) < 4.78 is 0. The van der Waals surface area contributed by atoms with Gasteiger partial charge in [-0.05, 0) is 30.2 Å². The van der Waals surface area contributed by atoms with Gasteiger partial charge in [0.15, 0.2) is 0 Å². The molecule has 0 radical (unpaired) electrons. The normalized spacial score (nSPS) is 12.3. The molecule has 3 amide bonds. The van der Waals surface area contributed by atoms with Gasteiger partial charge in [0, 0.05) is 42.5 Å². The Labute approximate surface area is 195 Å². The zero-order valence-electron chi connectivity index (χ0n) is 19.5. The summed E-state index contributed by atoms with van der Waals surface area (Å²) >= 11 is 0. The van der Waals surface area contributed by atoms with E-state index in [9.17, 15) is 14.4 Å². The van der Waals surface area contributed by atoms with Crippen molar-refractivity contribution in [3.05, 3.63) is 65.2 Å². The minimum Gasteiger partial charge on any atom is -0.356 e. The predicted octanol–water partition coefficient (Wildman–Crippen LogP) is 3.38. The topological polar surface area (TPSA) is 78.5 Å². The number of hydrogen-bond acceptors (Lipinski definition) is 3. The minimum atomic E-state index is -0.430. The van der Waals surface area contributed by atoms with E-state index in [1.54, 1.807) is 4.90 Å². The van der Waals surface area contributed by atoms with Crippen molar-refractivity contribution in [1.82, 2.24) is 10.6 Å². The van der Waals surface area contributed by atoms with Gasteiger partial charge in [-0.3, -0.25) is 14.4 Å². The highest BCUT2D eigenvalue weighted by molar-refractivity contribution is 5.96. The van der Waals surface area contributed by atoms with Gasteiger partial charge in [-0.15, -0.1) is 0 Å². The first-order valence-corrected chi connectivity index (χ1v) is 11.3. The van der Waals surface area contributed by atoms with Gasteiger partial charge in [0.05, 0.1) is 12.2 Å². The number of rotatable bonds is 7. The first-order valence-electron chi connectivity index (χ1n) is 11.3. The number of benzene rings is 2. The number of para-hydroxylation sites is 1. The number of carbonyl (C=O) groups excluding carboxylic acids is 3. The summed E-state index contributed by atoms with van der Waals surface area (Å²) in [7, 11) is 0. The summed E-state index contributed by atoms with van der Waals surface area (Å²) in [5, 5.41) is 5.68. The van der Waals surface area contributed by atoms with E-state index < -0.39 is 5.41 Å². The minimum absolute atomic E-state index is 0.0146. The monoisotopic (exact) mass is 445 g/mol. The summed E-state index contributed by atoms with van der Waals surface area (Å²) in [5.74, 6) is 6.07. The van der Waals surface area contributed by atoms with Crippen LogP contribution < -0.4 is 15.5 Å². The van der Waals surface area contributed by atoms with Crippen LogP contribution in [0, 0.1) is 17.3 Å². The number of carbonyl (C=O) groups is 3. The number of anilines is 1. The zero-order valence-corrected chi connectivity index (χ0v) is 19.5. The molecule has 0 aliphatic carbocycles. The number of fused-ring (bicyclic) bond motifs is 2. The Balaban J connectivity index is 1.54. The molecule has 172 valence electrons. The van der Waals surface area contributed by atoms with Gasteiger partial charge in [0.2, 0.25) is 17.7 Å². The van der Waals surface area contributed by atoms with Crippen LogP contribution in [0.5, 0.6) is 0 Å². The summed E-state index contributed by atoms with van der Waals surface area (Å²) in [6.07, 6.45) is 0.853. The van der Waals surface area contributed by atoms with Gasteiger partial charge in [-0.2, -0.15) is 0 Å². The highest BCUT2D eigenvalue weighted by Crippen LogP contribution is 2.26. The van der Waals surface area contributed by atoms with Gasteiger partial charge < -0.3 is 15.5 Å². The molecular formula is C27H31N3O3. The summed E-state index contributed by atoms with van der Waals surface area (Å²) in [4.78, 5) is 39.0. The Morgan fingerprint density at radius 3 is 2.27 bits per heavy atom. The fraction of sp³-hybridized carbons (Fsp3) is 0.370. The maximum Gasteiger partial charge on any atom is 0.227 e. The average molecular weight is 446 g/mol. The van der Waals surface area contributed by atoms with E-state index in [4.69, 9.17) is 0 Å². The largest absolute Gasteiger partial charge is 0.356 e. The molecule has 0 bridgehead atoms. The van der Waals surface area contributed by atoms with Crippen molar-refractivity contribution in [2.75, 3.05) is 18.0 Å². The summed E-state index contributed by atoms with van der Waals surface area (Å²) in [6.45, 7) is 6.94. The maximum atomic E-state index is 13.1. The number of hydrogen-bond donors (Lipinski definition) is 2. The van der Waals surface area contributed by atoms with Crippen molar-refractivity contribution >= 4 is 23.4 Å². The van der Waals surface area contributed by atoms with Gasteiger partial charge >= 0.3 is 0 Å². The molecule has 0 atom stereocenters. The van der Waals surface area contributed by atoms with Crippen LogP contribution >= 0.6 is 0 Å². The predicted molar refractivity (Wildman–Crippen MR) is 129 cm³/mol. The van der Waals surface area contributed by atoms with Crippen LogP contribution in [0.3, 0.4) is 0 Å². The Hall–Kier alpha value is -3.59. The van der Waals surface area contributed by atoms with Crippen molar-refractivity contribution in [1.29, 1.82) is 0 Å². The van der Waals surface area contributed by atoms with Gasteiger partial charge in [-0.1, -0.05) is 62.9 Å². The Morgan fingerprint density at radius 1 is 0.879 bits per heavy atom. The second-order valence-electron chi connectivity index (χ2n) is 9.11. The fourth-order valence-electron chi connectivity index (χ4n) is 3.43. The molecule has 2 N–H and O–H groups in total. The van der Waals surface area contributed by atoms with Crippen molar-refractivity contribution in [2.45, 2.75) is 46.6 Å². The maximum absolute atomic E-state index is 13.1. The average Bonchev–Trinajstić information content (AvgIpc) is 2.78. The number of nitrogens with zero attached hydrogens (tertiary/aromatic N) is 1. The van der Waals surface area contributed by atoms with Crippen LogP contribution in [0.15, 0.2) is 48.5 Å². The molecule has 0 unspecified atom stereocenters. The molecule has 0 aromatic heterocycles. The molecule has 0 fully saturated rings. The Kier molecular flexibility index (Phi) is 7.89. The van der Waals surface area contributed by atoms with Gasteiger partial charge in [0.1, 0.15) is 0 Å². The molecule has 0 saturated carbocycles. The lowest BCUT2D eigenvalue weighted by atomic mass is 9.96. The Morgan fingerprint density at radius 2 is 1.52 bits per heavy atom. The molecule has 2 aromatic rings. The van der Waals surface area contributed by atoms with E-state index in [2.05, 4.69) is 22.5 Å². The van der Waals surface area contributed by atoms with Crippen molar-refractivity contribution in [3.8, 4) is 11.8 Å². The van der Waals surface area contributed by atoms with Crippen LogP contribution in [0.2, 0.25) is 0 Å². The van der Waals surface area contributed by atoms with E-state index in [0.29, 0.717) is 26.1 Å². The zero-order chi connectivity index (χ0) is 23.8. The third kappa shape index (κ3) is 6.69. The highest BCUT2D eigenvalue weighted by atomic mass is 16.2. The molecule has 6 heteroatoms. The lowest BCUT2D eigenvalue weighted by Crippen LogP contribution is -2.37. The molecule has 6 nitrogen and oxygen atoms in total. The van der Waals surface area contributed by atoms with Crippen LogP contribution in [0.25, 0.3) is 0 Å². The molecule has 2 aromatic carbocycles. The number of amides is 3. The SMILES string of the molecule is CC(C)(C)C(=O)NCCCNC(=O)CCC(=O)N1Cc2ccccc2C#Cc2ccccc21. The molecule has 0 saturated heterocycles. The van der Waals surface area contributed by atoms with E-state index in [1.165, 1.54) is 0 Å². The van der Waals surface area contributed by atoms with Gasteiger partial charge in [0.25, 0.3) is 0 Å². The van der Waals surface area contributed by atoms with Crippen molar-refractivity contribution in [2.24, 2.45) is 5.41 Å². The van der Waals surface area contributed by atoms with E-state index in [1.807, 2.05) is 69.3 Å². The second kappa shape index (κ2) is 10.8. The third-order valence-electron chi connectivity index (χ3n) is 5.38. The fourth-order valence-corrected chi connectivity index (χ4v) is 3.43. The molecule has 1 aliphatic rings. The lowest BCUT2D eigenvalue weighted by molar-refractivity contribution is -0.128. The quantitative estimate of drug-likeness (QED) is 0.507. The molecule has 1 aliphatic heterocycles. The van der Waals surface area contributed by atoms with Crippen LogP contribution in [0.1, 0.15) is 56.7 Å². The summed E-state index contributed by atoms with van der Waals surface area (Å²) in [6, 6.07) is 15.4. The van der Waals surface area contributed by atoms with Crippen molar-refractivity contribution < 1.29 is 14.4 Å². The summed E-state index contributed by atoms with van der Waals surface area (Å²) in [5.41, 5.74) is 3.01. The van der Waals surface area contributed by atoms with Gasteiger partial charge in [-0.25, -0.2) is 0 Å². The molecule has 3 rings (SSSR count). The lowest BCUT2D eigenvalue weighted by Gasteiger charge is -2.26. The first kappa shape index (κ1) is 24.1. The van der Waals surface area contributed by atoms with Crippen LogP contribution in [0.4, 0.5) is 5.69 Å². The standard InChI is InChI=1S/C27H31N3O3/c1-27(2,3)26(33)29-18-8-17-28-24(31)15-16-25(32)30-19-22-11-5-4-9-20(22)13-14-21-10-6-7-12-23(21)30/h4-7,9-12H,8,15-19H2,1-3H3,(H,28,31)(H,29,33). The first-order chi connectivity index (χ1) is 15.8. The smallest absolute Gasteiger partial charge is 0.227 e. The molecule has 33 heavy (non-hydrogen) atoms. The second-order valence-corrected chi connectivity index (χ2v) is 9.11. The van der Waals surface area contributed by atoms with Crippen LogP contribution in [-0.2, 0) is 20.9 Å². The molecule has 1 heterocycles. The third-order valence-corrected chi connectivity index (χ3v) is 5.38. The molecular weight excluding hydrogens is 414 g/mol. The van der Waals surface area contributed by atoms with Crippen molar-refractivity contribution in [3.63, 3.8) is 0 Å².